The molecule has 1 aromatic carbocycles. The van der Waals surface area contributed by atoms with E-state index in [9.17, 15) is 0 Å². The Balaban J connectivity index is 1.99. The van der Waals surface area contributed by atoms with Crippen molar-refractivity contribution in [2.45, 2.75) is 26.3 Å². The van der Waals surface area contributed by atoms with Crippen LogP contribution in [-0.4, -0.2) is 38.2 Å². The van der Waals surface area contributed by atoms with Crippen molar-refractivity contribution in [1.82, 2.24) is 4.90 Å². The highest BCUT2D eigenvalue weighted by atomic mass is 16.5. The number of benzene rings is 1. The number of ether oxygens (including phenoxy) is 2. The van der Waals surface area contributed by atoms with E-state index >= 15 is 0 Å². The van der Waals surface area contributed by atoms with Crippen LogP contribution in [0.25, 0.3) is 0 Å². The number of methoxy groups -OCH3 is 2. The van der Waals surface area contributed by atoms with Crippen molar-refractivity contribution in [2.75, 3.05) is 27.3 Å². The van der Waals surface area contributed by atoms with Gasteiger partial charge in [0.05, 0.1) is 20.8 Å². The molecule has 2 N–H and O–H groups in total. The molecule has 0 atom stereocenters. The van der Waals surface area contributed by atoms with E-state index < -0.39 is 0 Å². The van der Waals surface area contributed by atoms with Gasteiger partial charge in [-0.25, -0.2) is 4.99 Å². The lowest BCUT2D eigenvalue weighted by atomic mass is 10.00. The molecule has 1 aliphatic heterocycles. The fourth-order valence-electron chi connectivity index (χ4n) is 2.49. The van der Waals surface area contributed by atoms with Crippen LogP contribution in [0.4, 0.5) is 0 Å². The summed E-state index contributed by atoms with van der Waals surface area (Å²) in [4.78, 5) is 6.67. The summed E-state index contributed by atoms with van der Waals surface area (Å²) in [5, 5.41) is 0. The summed E-state index contributed by atoms with van der Waals surface area (Å²) < 4.78 is 10.5. The molecule has 1 fully saturated rings. The second-order valence-electron chi connectivity index (χ2n) is 5.53. The Morgan fingerprint density at radius 2 is 1.90 bits per heavy atom. The zero-order valence-corrected chi connectivity index (χ0v) is 13.1. The minimum atomic E-state index is 0.554. The third-order valence-corrected chi connectivity index (χ3v) is 3.98. The van der Waals surface area contributed by atoms with Gasteiger partial charge in [-0.15, -0.1) is 0 Å². The first-order valence-corrected chi connectivity index (χ1v) is 7.39. The lowest BCUT2D eigenvalue weighted by Gasteiger charge is -2.31. The third kappa shape index (κ3) is 4.03. The largest absolute Gasteiger partial charge is 0.493 e. The van der Waals surface area contributed by atoms with Gasteiger partial charge >= 0.3 is 0 Å². The first-order valence-electron chi connectivity index (χ1n) is 7.39. The fourth-order valence-corrected chi connectivity index (χ4v) is 2.49. The third-order valence-electron chi connectivity index (χ3n) is 3.98. The molecule has 0 unspecified atom stereocenters. The molecule has 0 radical (unpaired) electrons. The quantitative estimate of drug-likeness (QED) is 0.683. The highest BCUT2D eigenvalue weighted by Crippen LogP contribution is 2.27. The second kappa shape index (κ2) is 7.20. The standard InChI is InChI=1S/C16H25N3O2/c1-12-6-8-19(9-7-12)16(17)18-11-13-4-5-14(20-2)15(10-13)21-3/h4-5,10,12H,6-9,11H2,1-3H3,(H2,17,18). The molecule has 0 saturated carbocycles. The van der Waals surface area contributed by atoms with Crippen LogP contribution in [0.1, 0.15) is 25.3 Å². The van der Waals surface area contributed by atoms with Gasteiger partial charge in [-0.3, -0.25) is 0 Å². The zero-order valence-electron chi connectivity index (χ0n) is 13.1. The van der Waals surface area contributed by atoms with E-state index in [2.05, 4.69) is 16.8 Å². The first kappa shape index (κ1) is 15.5. The van der Waals surface area contributed by atoms with E-state index in [4.69, 9.17) is 15.2 Å². The molecular weight excluding hydrogens is 266 g/mol. The number of guanidine groups is 1. The summed E-state index contributed by atoms with van der Waals surface area (Å²) >= 11 is 0. The first-order chi connectivity index (χ1) is 10.1. The molecule has 0 amide bonds. The van der Waals surface area contributed by atoms with Gasteiger partial charge in [0, 0.05) is 13.1 Å². The maximum Gasteiger partial charge on any atom is 0.191 e. The van der Waals surface area contributed by atoms with Gasteiger partial charge in [-0.1, -0.05) is 13.0 Å². The van der Waals surface area contributed by atoms with E-state index in [1.807, 2.05) is 18.2 Å². The molecule has 5 heteroatoms. The van der Waals surface area contributed by atoms with Gasteiger partial charge in [0.1, 0.15) is 0 Å². The summed E-state index contributed by atoms with van der Waals surface area (Å²) in [7, 11) is 3.26. The molecule has 0 aliphatic carbocycles. The van der Waals surface area contributed by atoms with Gasteiger partial charge in [-0.2, -0.15) is 0 Å². The minimum absolute atomic E-state index is 0.554. The van der Waals surface area contributed by atoms with Crippen molar-refractivity contribution >= 4 is 5.96 Å². The number of likely N-dealkylation sites (tertiary alicyclic amines) is 1. The molecule has 1 aromatic rings. The van der Waals surface area contributed by atoms with Crippen LogP contribution in [0, 0.1) is 5.92 Å². The van der Waals surface area contributed by atoms with Crippen LogP contribution in [0.15, 0.2) is 23.2 Å². The van der Waals surface area contributed by atoms with Crippen LogP contribution in [-0.2, 0) is 6.54 Å². The highest BCUT2D eigenvalue weighted by molar-refractivity contribution is 5.78. The average Bonchev–Trinajstić information content (AvgIpc) is 2.52. The van der Waals surface area contributed by atoms with E-state index in [1.54, 1.807) is 14.2 Å². The maximum atomic E-state index is 6.09. The Morgan fingerprint density at radius 3 is 2.52 bits per heavy atom. The number of hydrogen-bond donors (Lipinski definition) is 1. The van der Waals surface area contributed by atoms with Crippen LogP contribution in [0.2, 0.25) is 0 Å². The number of nitrogens with zero attached hydrogens (tertiary/aromatic N) is 2. The summed E-state index contributed by atoms with van der Waals surface area (Å²) in [5.74, 6) is 2.87. The molecule has 1 saturated heterocycles. The lowest BCUT2D eigenvalue weighted by Crippen LogP contribution is -2.42. The average molecular weight is 291 g/mol. The van der Waals surface area contributed by atoms with Crippen molar-refractivity contribution in [3.63, 3.8) is 0 Å². The molecule has 5 nitrogen and oxygen atoms in total. The Kier molecular flexibility index (Phi) is 5.31. The van der Waals surface area contributed by atoms with Crippen molar-refractivity contribution in [3.05, 3.63) is 23.8 Å². The van der Waals surface area contributed by atoms with Crippen molar-refractivity contribution < 1.29 is 9.47 Å². The van der Waals surface area contributed by atoms with Gasteiger partial charge < -0.3 is 20.1 Å². The van der Waals surface area contributed by atoms with Gasteiger partial charge in [0.2, 0.25) is 0 Å². The summed E-state index contributed by atoms with van der Waals surface area (Å²) in [5.41, 5.74) is 7.14. The van der Waals surface area contributed by atoms with Gasteiger partial charge in [0.25, 0.3) is 0 Å². The fraction of sp³-hybridized carbons (Fsp3) is 0.562. The molecule has 0 bridgehead atoms. The Bertz CT molecular complexity index is 494. The van der Waals surface area contributed by atoms with Crippen molar-refractivity contribution in [2.24, 2.45) is 16.6 Å². The number of aliphatic imine (C=N–C) groups is 1. The number of piperidine rings is 1. The van der Waals surface area contributed by atoms with Crippen molar-refractivity contribution in [3.8, 4) is 11.5 Å². The van der Waals surface area contributed by atoms with Gasteiger partial charge in [0.15, 0.2) is 17.5 Å². The van der Waals surface area contributed by atoms with E-state index in [0.29, 0.717) is 12.5 Å². The predicted molar refractivity (Wildman–Crippen MR) is 84.8 cm³/mol. The molecule has 0 aromatic heterocycles. The normalized spacial score (nSPS) is 16.9. The number of hydrogen-bond acceptors (Lipinski definition) is 3. The highest BCUT2D eigenvalue weighted by Gasteiger charge is 2.16. The van der Waals surface area contributed by atoms with Crippen LogP contribution in [0.5, 0.6) is 11.5 Å². The molecule has 2 rings (SSSR count). The topological polar surface area (TPSA) is 60.1 Å². The molecule has 0 spiro atoms. The number of nitrogens with two attached hydrogens (primary N) is 1. The second-order valence-corrected chi connectivity index (χ2v) is 5.53. The Hall–Kier alpha value is -1.91. The Labute approximate surface area is 126 Å². The lowest BCUT2D eigenvalue weighted by molar-refractivity contribution is 0.277. The smallest absolute Gasteiger partial charge is 0.191 e. The number of rotatable bonds is 4. The molecule has 116 valence electrons. The SMILES string of the molecule is COc1ccc(CN=C(N)N2CCC(C)CC2)cc1OC. The molecule has 1 heterocycles. The summed E-state index contributed by atoms with van der Waals surface area (Å²) in [6.07, 6.45) is 2.37. The minimum Gasteiger partial charge on any atom is -0.493 e. The molecule has 1 aliphatic rings. The monoisotopic (exact) mass is 291 g/mol. The summed E-state index contributed by atoms with van der Waals surface area (Å²) in [6.45, 7) is 4.84. The molecular formula is C16H25N3O2. The zero-order chi connectivity index (χ0) is 15.2. The van der Waals surface area contributed by atoms with Crippen LogP contribution >= 0.6 is 0 Å². The molecule has 21 heavy (non-hydrogen) atoms. The predicted octanol–water partition coefficient (Wildman–Crippen LogP) is 2.25. The van der Waals surface area contributed by atoms with E-state index in [1.165, 1.54) is 12.8 Å². The maximum absolute atomic E-state index is 6.09. The van der Waals surface area contributed by atoms with Gasteiger partial charge in [-0.05, 0) is 36.5 Å². The van der Waals surface area contributed by atoms with Crippen molar-refractivity contribution in [1.29, 1.82) is 0 Å². The van der Waals surface area contributed by atoms with Crippen LogP contribution in [0.3, 0.4) is 0 Å². The van der Waals surface area contributed by atoms with E-state index in [-0.39, 0.29) is 0 Å². The van der Waals surface area contributed by atoms with Crippen LogP contribution < -0.4 is 15.2 Å². The summed E-state index contributed by atoms with van der Waals surface area (Å²) in [6, 6.07) is 5.81. The Morgan fingerprint density at radius 1 is 1.24 bits per heavy atom. The van der Waals surface area contributed by atoms with E-state index in [0.717, 1.165) is 36.1 Å².